The first-order valence-electron chi connectivity index (χ1n) is 7.25. The Kier molecular flexibility index (Phi) is 5.04. The first-order chi connectivity index (χ1) is 9.90. The molecule has 2 rings (SSSR count). The molecule has 4 nitrogen and oxygen atoms in total. The van der Waals surface area contributed by atoms with E-state index in [9.17, 15) is 9.59 Å². The molecule has 1 aromatic carbocycles. The van der Waals surface area contributed by atoms with E-state index in [2.05, 4.69) is 21.2 Å². The first kappa shape index (κ1) is 16.0. The molecule has 0 bridgehead atoms. The van der Waals surface area contributed by atoms with Crippen LogP contribution in [0.3, 0.4) is 0 Å². The van der Waals surface area contributed by atoms with Gasteiger partial charge in [-0.1, -0.05) is 29.8 Å². The van der Waals surface area contributed by atoms with E-state index in [0.717, 1.165) is 15.7 Å². The number of rotatable bonds is 4. The van der Waals surface area contributed by atoms with Crippen LogP contribution >= 0.6 is 15.9 Å². The molecule has 2 amide bonds. The molecule has 1 heterocycles. The minimum Gasteiger partial charge on any atom is -0.355 e. The number of carbonyl (C=O) groups excluding carboxylic acids is 2. The molecule has 1 saturated heterocycles. The van der Waals surface area contributed by atoms with Crippen LogP contribution in [0.1, 0.15) is 25.8 Å². The monoisotopic (exact) mass is 352 g/mol. The molecular weight excluding hydrogens is 332 g/mol. The van der Waals surface area contributed by atoms with Crippen molar-refractivity contribution in [1.82, 2.24) is 5.32 Å². The van der Waals surface area contributed by atoms with Crippen molar-refractivity contribution in [3.05, 3.63) is 28.2 Å². The average molecular weight is 353 g/mol. The molecule has 0 saturated carbocycles. The van der Waals surface area contributed by atoms with Gasteiger partial charge in [0.2, 0.25) is 11.8 Å². The molecule has 0 aromatic heterocycles. The van der Waals surface area contributed by atoms with Crippen LogP contribution in [0, 0.1) is 18.8 Å². The van der Waals surface area contributed by atoms with E-state index in [1.807, 2.05) is 39.0 Å². The highest BCUT2D eigenvalue weighted by Gasteiger charge is 2.37. The zero-order chi connectivity index (χ0) is 15.6. The number of carbonyl (C=O) groups is 2. The van der Waals surface area contributed by atoms with Crippen LogP contribution in [0.5, 0.6) is 0 Å². The lowest BCUT2D eigenvalue weighted by Gasteiger charge is -2.19. The Morgan fingerprint density at radius 1 is 1.48 bits per heavy atom. The van der Waals surface area contributed by atoms with Gasteiger partial charge in [-0.05, 0) is 43.0 Å². The lowest BCUT2D eigenvalue weighted by Crippen LogP contribution is -2.38. The predicted octanol–water partition coefficient (Wildman–Crippen LogP) is 2.88. The Balaban J connectivity index is 2.09. The number of anilines is 1. The molecule has 0 unspecified atom stereocenters. The Hall–Kier alpha value is -1.36. The van der Waals surface area contributed by atoms with Crippen LogP contribution in [0.4, 0.5) is 5.69 Å². The molecule has 0 aliphatic carbocycles. The van der Waals surface area contributed by atoms with Crippen molar-refractivity contribution >= 4 is 33.4 Å². The number of benzene rings is 1. The van der Waals surface area contributed by atoms with E-state index in [1.54, 1.807) is 4.90 Å². The average Bonchev–Trinajstić information content (AvgIpc) is 2.78. The Bertz CT molecular complexity index is 557. The van der Waals surface area contributed by atoms with E-state index in [4.69, 9.17) is 0 Å². The molecule has 5 heteroatoms. The van der Waals surface area contributed by atoms with Gasteiger partial charge in [-0.15, -0.1) is 0 Å². The van der Waals surface area contributed by atoms with Crippen molar-refractivity contribution < 1.29 is 9.59 Å². The second kappa shape index (κ2) is 6.60. The van der Waals surface area contributed by atoms with Crippen molar-refractivity contribution in [3.8, 4) is 0 Å². The van der Waals surface area contributed by atoms with E-state index in [-0.39, 0.29) is 11.8 Å². The standard InChI is InChI=1S/C16H21BrN2O2/c1-10(2)9-18-15(20)13-6-7-19(16(13)21)14-5-4-12(17)8-11(14)3/h4-5,8,10,13H,6-7,9H2,1-3H3,(H,18,20)/t13-/m0/s1. The summed E-state index contributed by atoms with van der Waals surface area (Å²) >= 11 is 3.42. The molecule has 1 aliphatic rings. The van der Waals surface area contributed by atoms with Gasteiger partial charge in [0.25, 0.3) is 0 Å². The van der Waals surface area contributed by atoms with Crippen LogP contribution in [0.25, 0.3) is 0 Å². The largest absolute Gasteiger partial charge is 0.355 e. The maximum Gasteiger partial charge on any atom is 0.239 e. The maximum absolute atomic E-state index is 12.5. The molecule has 1 aliphatic heterocycles. The number of hydrogen-bond donors (Lipinski definition) is 1. The van der Waals surface area contributed by atoms with E-state index >= 15 is 0 Å². The molecule has 1 aromatic rings. The molecule has 0 spiro atoms. The highest BCUT2D eigenvalue weighted by atomic mass is 79.9. The minimum atomic E-state index is -0.549. The highest BCUT2D eigenvalue weighted by Crippen LogP contribution is 2.29. The summed E-state index contributed by atoms with van der Waals surface area (Å²) in [7, 11) is 0. The molecule has 1 atom stereocenters. The zero-order valence-electron chi connectivity index (χ0n) is 12.6. The van der Waals surface area contributed by atoms with Crippen LogP contribution < -0.4 is 10.2 Å². The van der Waals surface area contributed by atoms with Crippen molar-refractivity contribution in [2.45, 2.75) is 27.2 Å². The SMILES string of the molecule is Cc1cc(Br)ccc1N1CC[C@@H](C(=O)NCC(C)C)C1=O. The van der Waals surface area contributed by atoms with Gasteiger partial charge in [-0.2, -0.15) is 0 Å². The second-order valence-electron chi connectivity index (χ2n) is 5.90. The van der Waals surface area contributed by atoms with Gasteiger partial charge >= 0.3 is 0 Å². The maximum atomic E-state index is 12.5. The number of nitrogens with one attached hydrogen (secondary N) is 1. The van der Waals surface area contributed by atoms with Crippen molar-refractivity contribution in [1.29, 1.82) is 0 Å². The molecule has 114 valence electrons. The molecular formula is C16H21BrN2O2. The summed E-state index contributed by atoms with van der Waals surface area (Å²) in [6, 6.07) is 5.82. The number of nitrogens with zero attached hydrogens (tertiary/aromatic N) is 1. The number of aryl methyl sites for hydroxylation is 1. The summed E-state index contributed by atoms with van der Waals surface area (Å²) in [4.78, 5) is 26.3. The molecule has 1 N–H and O–H groups in total. The summed E-state index contributed by atoms with van der Waals surface area (Å²) < 4.78 is 0.988. The lowest BCUT2D eigenvalue weighted by molar-refractivity contribution is -0.132. The zero-order valence-corrected chi connectivity index (χ0v) is 14.2. The lowest BCUT2D eigenvalue weighted by atomic mass is 10.1. The summed E-state index contributed by atoms with van der Waals surface area (Å²) in [5.74, 6) is -0.408. The van der Waals surface area contributed by atoms with Gasteiger partial charge in [-0.25, -0.2) is 0 Å². The molecule has 1 fully saturated rings. The smallest absolute Gasteiger partial charge is 0.239 e. The molecule has 0 radical (unpaired) electrons. The normalized spacial score (nSPS) is 18.4. The number of hydrogen-bond acceptors (Lipinski definition) is 2. The second-order valence-corrected chi connectivity index (χ2v) is 6.82. The van der Waals surface area contributed by atoms with E-state index in [0.29, 0.717) is 25.4 Å². The summed E-state index contributed by atoms with van der Waals surface area (Å²) in [6.45, 7) is 7.25. The molecule has 21 heavy (non-hydrogen) atoms. The van der Waals surface area contributed by atoms with Gasteiger partial charge in [0, 0.05) is 23.2 Å². The fourth-order valence-corrected chi connectivity index (χ4v) is 2.99. The quantitative estimate of drug-likeness (QED) is 0.847. The van der Waals surface area contributed by atoms with Gasteiger partial charge < -0.3 is 10.2 Å². The van der Waals surface area contributed by atoms with Crippen LogP contribution in [0.2, 0.25) is 0 Å². The Labute approximate surface area is 134 Å². The third-order valence-electron chi connectivity index (χ3n) is 3.66. The van der Waals surface area contributed by atoms with E-state index in [1.165, 1.54) is 0 Å². The highest BCUT2D eigenvalue weighted by molar-refractivity contribution is 9.10. The summed E-state index contributed by atoms with van der Waals surface area (Å²) in [5.41, 5.74) is 1.92. The fraction of sp³-hybridized carbons (Fsp3) is 0.500. The summed E-state index contributed by atoms with van der Waals surface area (Å²) in [5, 5.41) is 2.86. The first-order valence-corrected chi connectivity index (χ1v) is 8.04. The van der Waals surface area contributed by atoms with Gasteiger partial charge in [0.1, 0.15) is 5.92 Å². The van der Waals surface area contributed by atoms with Gasteiger partial charge in [0.15, 0.2) is 0 Å². The van der Waals surface area contributed by atoms with Crippen molar-refractivity contribution in [2.24, 2.45) is 11.8 Å². The third-order valence-corrected chi connectivity index (χ3v) is 4.15. The minimum absolute atomic E-state index is 0.0957. The van der Waals surface area contributed by atoms with Gasteiger partial charge in [0.05, 0.1) is 0 Å². The van der Waals surface area contributed by atoms with Crippen LogP contribution in [0.15, 0.2) is 22.7 Å². The van der Waals surface area contributed by atoms with Crippen LogP contribution in [-0.2, 0) is 9.59 Å². The van der Waals surface area contributed by atoms with Crippen molar-refractivity contribution in [2.75, 3.05) is 18.0 Å². The topological polar surface area (TPSA) is 49.4 Å². The van der Waals surface area contributed by atoms with Gasteiger partial charge in [-0.3, -0.25) is 9.59 Å². The predicted molar refractivity (Wildman–Crippen MR) is 87.2 cm³/mol. The third kappa shape index (κ3) is 3.64. The summed E-state index contributed by atoms with van der Waals surface area (Å²) in [6.07, 6.45) is 0.582. The number of amides is 2. The number of halogens is 1. The Morgan fingerprint density at radius 3 is 2.81 bits per heavy atom. The van der Waals surface area contributed by atoms with Crippen molar-refractivity contribution in [3.63, 3.8) is 0 Å². The Morgan fingerprint density at radius 2 is 2.19 bits per heavy atom. The van der Waals surface area contributed by atoms with E-state index < -0.39 is 5.92 Å². The fourth-order valence-electron chi connectivity index (χ4n) is 2.51. The van der Waals surface area contributed by atoms with Crippen LogP contribution in [-0.4, -0.2) is 24.9 Å².